The number of aryl methyl sites for hydroxylation is 1. The molecule has 2 atom stereocenters. The van der Waals surface area contributed by atoms with E-state index in [0.717, 1.165) is 39.0 Å². The van der Waals surface area contributed by atoms with Crippen LogP contribution >= 0.6 is 0 Å². The molecule has 0 radical (unpaired) electrons. The molecule has 116 valence electrons. The van der Waals surface area contributed by atoms with Crippen LogP contribution in [0.15, 0.2) is 24.3 Å². The lowest BCUT2D eigenvalue weighted by Crippen LogP contribution is -2.49. The van der Waals surface area contributed by atoms with E-state index in [1.165, 1.54) is 30.4 Å². The largest absolute Gasteiger partial charge is 0.371 e. The molecular formula is C18H26FNO. The number of benzene rings is 1. The second-order valence-corrected chi connectivity index (χ2v) is 6.24. The molecule has 1 aromatic carbocycles. The Balaban J connectivity index is 1.59. The molecule has 2 aliphatic rings. The van der Waals surface area contributed by atoms with E-state index >= 15 is 0 Å². The molecule has 1 aliphatic carbocycles. The lowest BCUT2D eigenvalue weighted by Gasteiger charge is -2.44. The number of hydrogen-bond acceptors (Lipinski definition) is 2. The normalized spacial score (nSPS) is 25.4. The Morgan fingerprint density at radius 2 is 2.00 bits per heavy atom. The van der Waals surface area contributed by atoms with E-state index in [1.54, 1.807) is 0 Å². The molecule has 1 aliphatic heterocycles. The van der Waals surface area contributed by atoms with Gasteiger partial charge in [0.2, 0.25) is 0 Å². The van der Waals surface area contributed by atoms with Crippen LogP contribution in [-0.2, 0) is 11.2 Å². The monoisotopic (exact) mass is 291 g/mol. The second-order valence-electron chi connectivity index (χ2n) is 6.24. The maximum absolute atomic E-state index is 12.1. The smallest absolute Gasteiger partial charge is 0.0983 e. The fourth-order valence-corrected chi connectivity index (χ4v) is 3.78. The van der Waals surface area contributed by atoms with Crippen molar-refractivity contribution in [1.29, 1.82) is 0 Å². The quantitative estimate of drug-likeness (QED) is 0.737. The van der Waals surface area contributed by atoms with Crippen molar-refractivity contribution in [2.75, 3.05) is 26.4 Å². The minimum atomic E-state index is -0.168. The summed E-state index contributed by atoms with van der Waals surface area (Å²) in [6, 6.07) is 9.27. The van der Waals surface area contributed by atoms with Crippen LogP contribution < -0.4 is 0 Å². The first-order valence-electron chi connectivity index (χ1n) is 8.39. The Hall–Kier alpha value is -0.930. The van der Waals surface area contributed by atoms with Crippen molar-refractivity contribution >= 4 is 0 Å². The number of ether oxygens (including phenoxy) is 1. The van der Waals surface area contributed by atoms with Gasteiger partial charge in [0.15, 0.2) is 0 Å². The van der Waals surface area contributed by atoms with Gasteiger partial charge in [0.25, 0.3) is 0 Å². The topological polar surface area (TPSA) is 12.5 Å². The highest BCUT2D eigenvalue weighted by Gasteiger charge is 2.36. The van der Waals surface area contributed by atoms with Gasteiger partial charge in [-0.25, -0.2) is 0 Å². The van der Waals surface area contributed by atoms with Gasteiger partial charge in [-0.15, -0.1) is 0 Å². The minimum absolute atomic E-state index is 0.168. The van der Waals surface area contributed by atoms with E-state index < -0.39 is 0 Å². The van der Waals surface area contributed by atoms with Gasteiger partial charge in [0, 0.05) is 12.6 Å². The molecule has 21 heavy (non-hydrogen) atoms. The standard InChI is InChI=1S/C18H26FNO/c19-11-5-1-2-6-12-20-13-14-21-18-16-8-4-3-7-15(16)9-10-17(18)20/h3-4,7-8,17-18H,1-2,5-6,9-14H2/t17-,18-/m1/s1. The molecule has 2 nitrogen and oxygen atoms in total. The average Bonchev–Trinajstić information content (AvgIpc) is 2.54. The van der Waals surface area contributed by atoms with Crippen LogP contribution in [0.5, 0.6) is 0 Å². The van der Waals surface area contributed by atoms with Crippen molar-refractivity contribution in [3.05, 3.63) is 35.4 Å². The van der Waals surface area contributed by atoms with Gasteiger partial charge in [0.05, 0.1) is 19.4 Å². The number of hydrogen-bond donors (Lipinski definition) is 0. The van der Waals surface area contributed by atoms with Crippen LogP contribution in [0.4, 0.5) is 4.39 Å². The zero-order valence-electron chi connectivity index (χ0n) is 12.8. The minimum Gasteiger partial charge on any atom is -0.371 e. The molecular weight excluding hydrogens is 265 g/mol. The summed E-state index contributed by atoms with van der Waals surface area (Å²) >= 11 is 0. The van der Waals surface area contributed by atoms with Crippen molar-refractivity contribution in [2.24, 2.45) is 0 Å². The Labute approximate surface area is 127 Å². The maximum Gasteiger partial charge on any atom is 0.0983 e. The molecule has 0 saturated carbocycles. The van der Waals surface area contributed by atoms with E-state index in [4.69, 9.17) is 4.74 Å². The summed E-state index contributed by atoms with van der Waals surface area (Å²) in [5.41, 5.74) is 2.86. The molecule has 3 heteroatoms. The maximum atomic E-state index is 12.1. The van der Waals surface area contributed by atoms with Gasteiger partial charge in [-0.3, -0.25) is 9.29 Å². The van der Waals surface area contributed by atoms with Crippen LogP contribution in [0.1, 0.15) is 49.3 Å². The Morgan fingerprint density at radius 1 is 1.14 bits per heavy atom. The lowest BCUT2D eigenvalue weighted by molar-refractivity contribution is -0.0806. The number of nitrogens with zero attached hydrogens (tertiary/aromatic N) is 1. The van der Waals surface area contributed by atoms with Crippen molar-refractivity contribution in [2.45, 2.75) is 50.7 Å². The second kappa shape index (κ2) is 7.37. The SMILES string of the molecule is FCCCCCCN1CCO[C@@H]2c3ccccc3CC[C@H]21. The van der Waals surface area contributed by atoms with Crippen LogP contribution in [0.3, 0.4) is 0 Å². The first-order chi connectivity index (χ1) is 10.4. The molecule has 0 unspecified atom stereocenters. The van der Waals surface area contributed by atoms with E-state index in [2.05, 4.69) is 29.2 Å². The summed E-state index contributed by atoms with van der Waals surface area (Å²) in [5.74, 6) is 0. The zero-order chi connectivity index (χ0) is 14.5. The molecule has 0 bridgehead atoms. The van der Waals surface area contributed by atoms with E-state index in [-0.39, 0.29) is 12.8 Å². The first kappa shape index (κ1) is 15.0. The molecule has 1 aromatic rings. The molecule has 0 N–H and O–H groups in total. The predicted octanol–water partition coefficient (Wildman–Crippen LogP) is 3.90. The van der Waals surface area contributed by atoms with Gasteiger partial charge in [0.1, 0.15) is 0 Å². The average molecular weight is 291 g/mol. The molecule has 3 rings (SSSR count). The number of halogens is 1. The summed E-state index contributed by atoms with van der Waals surface area (Å²) in [6.07, 6.45) is 6.71. The number of fused-ring (bicyclic) bond motifs is 3. The number of morpholine rings is 1. The van der Waals surface area contributed by atoms with Crippen LogP contribution in [-0.4, -0.2) is 37.3 Å². The first-order valence-corrected chi connectivity index (χ1v) is 8.39. The summed E-state index contributed by atoms with van der Waals surface area (Å²) in [5, 5.41) is 0. The highest BCUT2D eigenvalue weighted by atomic mass is 19.1. The highest BCUT2D eigenvalue weighted by Crippen LogP contribution is 2.37. The van der Waals surface area contributed by atoms with E-state index in [1.807, 2.05) is 0 Å². The van der Waals surface area contributed by atoms with Crippen molar-refractivity contribution in [1.82, 2.24) is 4.90 Å². The van der Waals surface area contributed by atoms with Gasteiger partial charge < -0.3 is 4.74 Å². The molecule has 0 amide bonds. The number of unbranched alkanes of at least 4 members (excludes halogenated alkanes) is 3. The number of rotatable bonds is 6. The van der Waals surface area contributed by atoms with Crippen molar-refractivity contribution < 1.29 is 9.13 Å². The third-order valence-corrected chi connectivity index (χ3v) is 4.89. The van der Waals surface area contributed by atoms with Crippen LogP contribution in [0, 0.1) is 0 Å². The van der Waals surface area contributed by atoms with Gasteiger partial charge in [-0.1, -0.05) is 37.1 Å². The van der Waals surface area contributed by atoms with E-state index in [9.17, 15) is 4.39 Å². The Morgan fingerprint density at radius 3 is 2.90 bits per heavy atom. The third-order valence-electron chi connectivity index (χ3n) is 4.89. The molecule has 0 spiro atoms. The molecule has 1 heterocycles. The molecule has 0 aromatic heterocycles. The predicted molar refractivity (Wildman–Crippen MR) is 83.3 cm³/mol. The fourth-order valence-electron chi connectivity index (χ4n) is 3.78. The van der Waals surface area contributed by atoms with Crippen molar-refractivity contribution in [3.8, 4) is 0 Å². The summed E-state index contributed by atoms with van der Waals surface area (Å²) in [7, 11) is 0. The van der Waals surface area contributed by atoms with Crippen molar-refractivity contribution in [3.63, 3.8) is 0 Å². The van der Waals surface area contributed by atoms with Gasteiger partial charge >= 0.3 is 0 Å². The van der Waals surface area contributed by atoms with Gasteiger partial charge in [-0.2, -0.15) is 0 Å². The van der Waals surface area contributed by atoms with E-state index in [0.29, 0.717) is 6.04 Å². The summed E-state index contributed by atoms with van der Waals surface area (Å²) in [4.78, 5) is 2.61. The molecule has 1 saturated heterocycles. The fraction of sp³-hybridized carbons (Fsp3) is 0.667. The zero-order valence-corrected chi connectivity index (χ0v) is 12.8. The highest BCUT2D eigenvalue weighted by molar-refractivity contribution is 5.33. The lowest BCUT2D eigenvalue weighted by atomic mass is 9.84. The summed E-state index contributed by atoms with van der Waals surface area (Å²) < 4.78 is 18.2. The van der Waals surface area contributed by atoms with Crippen LogP contribution in [0.25, 0.3) is 0 Å². The number of alkyl halides is 1. The Kier molecular flexibility index (Phi) is 5.26. The van der Waals surface area contributed by atoms with Crippen LogP contribution in [0.2, 0.25) is 0 Å². The molecule has 1 fully saturated rings. The third kappa shape index (κ3) is 3.46. The Bertz CT molecular complexity index is 451. The summed E-state index contributed by atoms with van der Waals surface area (Å²) in [6.45, 7) is 2.85. The van der Waals surface area contributed by atoms with Gasteiger partial charge in [-0.05, 0) is 43.4 Å².